The molecule has 1 aromatic carbocycles. The molecule has 2 aromatic rings. The van der Waals surface area contributed by atoms with Crippen LogP contribution < -0.4 is 11.1 Å². The summed E-state index contributed by atoms with van der Waals surface area (Å²) in [7, 11) is 0. The Balaban J connectivity index is 1.90. The average molecular weight is 299 g/mol. The highest BCUT2D eigenvalue weighted by molar-refractivity contribution is 7.16. The van der Waals surface area contributed by atoms with E-state index in [4.69, 9.17) is 17.3 Å². The molecule has 1 aromatic heterocycles. The number of benzene rings is 1. The smallest absolute Gasteiger partial charge is 0.254 e. The molecule has 0 atom stereocenters. The van der Waals surface area contributed by atoms with Gasteiger partial charge in [0.1, 0.15) is 5.82 Å². The second kappa shape index (κ2) is 6.04. The number of thiophene rings is 1. The third-order valence-corrected chi connectivity index (χ3v) is 3.81. The number of halogens is 2. The van der Waals surface area contributed by atoms with Gasteiger partial charge >= 0.3 is 0 Å². The molecule has 0 spiro atoms. The number of hydrogen-bond acceptors (Lipinski definition) is 3. The number of anilines is 1. The Kier molecular flexibility index (Phi) is 4.39. The van der Waals surface area contributed by atoms with Crippen LogP contribution in [0.1, 0.15) is 15.2 Å². The number of amides is 1. The van der Waals surface area contributed by atoms with Crippen molar-refractivity contribution >= 4 is 34.5 Å². The van der Waals surface area contributed by atoms with Crippen molar-refractivity contribution in [2.75, 3.05) is 12.3 Å². The topological polar surface area (TPSA) is 55.1 Å². The van der Waals surface area contributed by atoms with Crippen molar-refractivity contribution < 1.29 is 9.18 Å². The molecule has 19 heavy (non-hydrogen) atoms. The molecule has 0 bridgehead atoms. The van der Waals surface area contributed by atoms with E-state index in [1.165, 1.54) is 23.5 Å². The van der Waals surface area contributed by atoms with Gasteiger partial charge < -0.3 is 11.1 Å². The lowest BCUT2D eigenvalue weighted by atomic mass is 10.2. The number of carbonyl (C=O) groups is 1. The Morgan fingerprint density at radius 2 is 2.16 bits per heavy atom. The minimum atomic E-state index is -0.614. The van der Waals surface area contributed by atoms with Gasteiger partial charge in [0.05, 0.1) is 9.90 Å². The summed E-state index contributed by atoms with van der Waals surface area (Å²) in [6.07, 6.45) is 0.666. The van der Waals surface area contributed by atoms with E-state index < -0.39 is 11.7 Å². The van der Waals surface area contributed by atoms with Crippen molar-refractivity contribution in [2.45, 2.75) is 6.42 Å². The molecule has 0 fully saturated rings. The molecule has 100 valence electrons. The first-order chi connectivity index (χ1) is 9.06. The summed E-state index contributed by atoms with van der Waals surface area (Å²) in [5, 5.41) is 2.66. The normalized spacial score (nSPS) is 10.4. The van der Waals surface area contributed by atoms with Gasteiger partial charge in [-0.2, -0.15) is 0 Å². The van der Waals surface area contributed by atoms with Gasteiger partial charge in [0.2, 0.25) is 0 Å². The zero-order valence-electron chi connectivity index (χ0n) is 9.95. The van der Waals surface area contributed by atoms with Gasteiger partial charge in [-0.1, -0.05) is 11.6 Å². The maximum absolute atomic E-state index is 13.5. The van der Waals surface area contributed by atoms with E-state index in [9.17, 15) is 9.18 Å². The van der Waals surface area contributed by atoms with Crippen LogP contribution in [0.4, 0.5) is 10.1 Å². The van der Waals surface area contributed by atoms with Gasteiger partial charge in [0, 0.05) is 17.1 Å². The number of nitrogens with two attached hydrogens (primary N) is 1. The molecular weight excluding hydrogens is 287 g/mol. The fraction of sp³-hybridized carbons (Fsp3) is 0.154. The van der Waals surface area contributed by atoms with Crippen molar-refractivity contribution in [3.8, 4) is 0 Å². The molecule has 0 aliphatic rings. The lowest BCUT2D eigenvalue weighted by Crippen LogP contribution is -2.26. The van der Waals surface area contributed by atoms with E-state index in [-0.39, 0.29) is 5.56 Å². The molecule has 0 saturated carbocycles. The number of carbonyl (C=O) groups excluding carboxylic acids is 1. The molecule has 1 heterocycles. The van der Waals surface area contributed by atoms with Crippen molar-refractivity contribution in [2.24, 2.45) is 0 Å². The van der Waals surface area contributed by atoms with Gasteiger partial charge in [-0.15, -0.1) is 11.3 Å². The lowest BCUT2D eigenvalue weighted by Gasteiger charge is -2.05. The molecular formula is C13H12ClFN2OS. The SMILES string of the molecule is Nc1ccc(C(=O)NCCc2ccc(Cl)s2)c(F)c1. The van der Waals surface area contributed by atoms with E-state index in [1.54, 1.807) is 0 Å². The molecule has 0 aliphatic heterocycles. The summed E-state index contributed by atoms with van der Waals surface area (Å²) in [4.78, 5) is 12.8. The average Bonchev–Trinajstić information content (AvgIpc) is 2.75. The highest BCUT2D eigenvalue weighted by Gasteiger charge is 2.11. The third-order valence-electron chi connectivity index (χ3n) is 2.52. The van der Waals surface area contributed by atoms with E-state index in [2.05, 4.69) is 5.32 Å². The van der Waals surface area contributed by atoms with Crippen LogP contribution in [0, 0.1) is 5.82 Å². The quantitative estimate of drug-likeness (QED) is 0.852. The molecule has 6 heteroatoms. The van der Waals surface area contributed by atoms with Crippen LogP contribution in [0.25, 0.3) is 0 Å². The Morgan fingerprint density at radius 1 is 1.37 bits per heavy atom. The standard InChI is InChI=1S/C13H12ClFN2OS/c14-12-4-2-9(19-12)5-6-17-13(18)10-3-1-8(16)7-11(10)15/h1-4,7H,5-6,16H2,(H,17,18). The molecule has 2 rings (SSSR count). The van der Waals surface area contributed by atoms with Crippen LogP contribution in [0.2, 0.25) is 4.34 Å². The number of hydrogen-bond donors (Lipinski definition) is 2. The maximum Gasteiger partial charge on any atom is 0.254 e. The summed E-state index contributed by atoms with van der Waals surface area (Å²) in [6, 6.07) is 7.72. The van der Waals surface area contributed by atoms with E-state index in [1.807, 2.05) is 12.1 Å². The molecule has 1 amide bonds. The van der Waals surface area contributed by atoms with Crippen LogP contribution >= 0.6 is 22.9 Å². The molecule has 3 nitrogen and oxygen atoms in total. The second-order valence-corrected chi connectivity index (χ2v) is 5.75. The van der Waals surface area contributed by atoms with Crippen LogP contribution in [0.15, 0.2) is 30.3 Å². The van der Waals surface area contributed by atoms with Crippen LogP contribution in [-0.2, 0) is 6.42 Å². The first kappa shape index (κ1) is 13.8. The summed E-state index contributed by atoms with van der Waals surface area (Å²) >= 11 is 7.27. The zero-order valence-corrected chi connectivity index (χ0v) is 11.5. The van der Waals surface area contributed by atoms with Gasteiger partial charge in [-0.3, -0.25) is 4.79 Å². The Morgan fingerprint density at radius 3 is 2.79 bits per heavy atom. The first-order valence-electron chi connectivity index (χ1n) is 5.63. The van der Waals surface area contributed by atoms with Gasteiger partial charge in [-0.25, -0.2) is 4.39 Å². The van der Waals surface area contributed by atoms with Gasteiger partial charge in [-0.05, 0) is 36.8 Å². The Bertz CT molecular complexity index is 600. The molecule has 0 unspecified atom stereocenters. The summed E-state index contributed by atoms with van der Waals surface area (Å²) in [5.41, 5.74) is 5.72. The highest BCUT2D eigenvalue weighted by Crippen LogP contribution is 2.21. The third kappa shape index (κ3) is 3.68. The first-order valence-corrected chi connectivity index (χ1v) is 6.83. The van der Waals surface area contributed by atoms with Gasteiger partial charge in [0.15, 0.2) is 0 Å². The molecule has 0 radical (unpaired) electrons. The van der Waals surface area contributed by atoms with Crippen LogP contribution in [0.5, 0.6) is 0 Å². The van der Waals surface area contributed by atoms with Crippen LogP contribution in [0.3, 0.4) is 0 Å². The summed E-state index contributed by atoms with van der Waals surface area (Å²) in [6.45, 7) is 0.430. The van der Waals surface area contributed by atoms with Gasteiger partial charge in [0.25, 0.3) is 5.91 Å². The Hall–Kier alpha value is -1.59. The second-order valence-electron chi connectivity index (χ2n) is 3.95. The van der Waals surface area contributed by atoms with E-state index in [0.717, 1.165) is 10.9 Å². The monoisotopic (exact) mass is 298 g/mol. The zero-order chi connectivity index (χ0) is 13.8. The summed E-state index contributed by atoms with van der Waals surface area (Å²) < 4.78 is 14.2. The number of rotatable bonds is 4. The van der Waals surface area contributed by atoms with Crippen molar-refractivity contribution in [3.63, 3.8) is 0 Å². The highest BCUT2D eigenvalue weighted by atomic mass is 35.5. The van der Waals surface area contributed by atoms with Crippen molar-refractivity contribution in [3.05, 3.63) is 50.9 Å². The van der Waals surface area contributed by atoms with Crippen molar-refractivity contribution in [1.82, 2.24) is 5.32 Å². The van der Waals surface area contributed by atoms with Crippen LogP contribution in [-0.4, -0.2) is 12.5 Å². The largest absolute Gasteiger partial charge is 0.399 e. The van der Waals surface area contributed by atoms with Crippen molar-refractivity contribution in [1.29, 1.82) is 0 Å². The number of nitrogen functional groups attached to an aromatic ring is 1. The predicted octanol–water partition coefficient (Wildman–Crippen LogP) is 3.10. The fourth-order valence-corrected chi connectivity index (χ4v) is 2.68. The van der Waals surface area contributed by atoms with E-state index in [0.29, 0.717) is 23.0 Å². The minimum Gasteiger partial charge on any atom is -0.399 e. The Labute approximate surface area is 119 Å². The number of nitrogens with one attached hydrogen (secondary N) is 1. The maximum atomic E-state index is 13.5. The van der Waals surface area contributed by atoms with E-state index >= 15 is 0 Å². The molecule has 3 N–H and O–H groups in total. The predicted molar refractivity (Wildman–Crippen MR) is 76.2 cm³/mol. The lowest BCUT2D eigenvalue weighted by molar-refractivity contribution is 0.0950. The molecule has 0 aliphatic carbocycles. The fourth-order valence-electron chi connectivity index (χ4n) is 1.60. The summed E-state index contributed by atoms with van der Waals surface area (Å²) in [5.74, 6) is -1.06. The minimum absolute atomic E-state index is 0.00147. The molecule has 0 saturated heterocycles.